The number of hydrogen-bond donors (Lipinski definition) is 0. The van der Waals surface area contributed by atoms with Crippen molar-refractivity contribution in [2.45, 2.75) is 78.1 Å². The normalized spacial score (nSPS) is 20.3. The van der Waals surface area contributed by atoms with Crippen LogP contribution in [0.3, 0.4) is 0 Å². The van der Waals surface area contributed by atoms with Crippen molar-refractivity contribution in [2.24, 2.45) is 23.7 Å². The second kappa shape index (κ2) is 15.7. The van der Waals surface area contributed by atoms with Gasteiger partial charge in [-0.1, -0.05) is 31.5 Å². The summed E-state index contributed by atoms with van der Waals surface area (Å²) in [5.41, 5.74) is 1.05. The molecule has 1 aromatic heterocycles. The van der Waals surface area contributed by atoms with Crippen LogP contribution in [0.25, 0.3) is 0 Å². The molecule has 2 aromatic rings. The maximum atomic E-state index is 13.8. The number of benzene rings is 1. The minimum atomic E-state index is -0.541. The smallest absolute Gasteiger partial charge is 0.306 e. The van der Waals surface area contributed by atoms with Crippen molar-refractivity contribution in [3.05, 3.63) is 52.2 Å². The number of rotatable bonds is 15. The number of ketones is 3. The van der Waals surface area contributed by atoms with Gasteiger partial charge < -0.3 is 9.47 Å². The summed E-state index contributed by atoms with van der Waals surface area (Å²) in [5, 5.41) is 2.03. The van der Waals surface area contributed by atoms with Gasteiger partial charge in [0.25, 0.3) is 0 Å². The topological polar surface area (TPSA) is 86.7 Å². The van der Waals surface area contributed by atoms with Crippen molar-refractivity contribution in [1.29, 1.82) is 0 Å². The van der Waals surface area contributed by atoms with Crippen LogP contribution in [0.2, 0.25) is 0 Å². The number of carbonyl (C=O) groups excluding carboxylic acids is 4. The first-order valence-electron chi connectivity index (χ1n) is 14.2. The van der Waals surface area contributed by atoms with Crippen LogP contribution in [-0.4, -0.2) is 37.0 Å². The Balaban J connectivity index is 1.79. The van der Waals surface area contributed by atoms with E-state index in [1.54, 1.807) is 25.4 Å². The van der Waals surface area contributed by atoms with Crippen LogP contribution in [-0.2, 0) is 36.8 Å². The third-order valence-corrected chi connectivity index (χ3v) is 8.75. The lowest BCUT2D eigenvalue weighted by Crippen LogP contribution is -2.32. The van der Waals surface area contributed by atoms with E-state index < -0.39 is 17.8 Å². The number of esters is 1. The average Bonchev–Trinajstić information content (AvgIpc) is 3.42. The van der Waals surface area contributed by atoms with Crippen LogP contribution in [0.4, 0.5) is 0 Å². The van der Waals surface area contributed by atoms with Crippen molar-refractivity contribution in [3.8, 4) is 5.75 Å². The molecule has 7 heteroatoms. The molecule has 39 heavy (non-hydrogen) atoms. The van der Waals surface area contributed by atoms with E-state index >= 15 is 0 Å². The Morgan fingerprint density at radius 1 is 1.03 bits per heavy atom. The zero-order valence-corrected chi connectivity index (χ0v) is 24.3. The first kappa shape index (κ1) is 30.7. The number of hydrogen-bond acceptors (Lipinski definition) is 7. The largest absolute Gasteiger partial charge is 0.497 e. The van der Waals surface area contributed by atoms with E-state index in [9.17, 15) is 19.2 Å². The first-order valence-corrected chi connectivity index (χ1v) is 15.1. The highest BCUT2D eigenvalue weighted by molar-refractivity contribution is 7.09. The third-order valence-electron chi connectivity index (χ3n) is 7.81. The van der Waals surface area contributed by atoms with Crippen LogP contribution in [0, 0.1) is 23.7 Å². The fraction of sp³-hybridized carbons (Fsp3) is 0.562. The molecule has 0 amide bonds. The molecule has 4 unspecified atom stereocenters. The second-order valence-corrected chi connectivity index (χ2v) is 11.6. The van der Waals surface area contributed by atoms with E-state index in [4.69, 9.17) is 9.47 Å². The van der Waals surface area contributed by atoms with Crippen molar-refractivity contribution in [1.82, 2.24) is 0 Å². The van der Waals surface area contributed by atoms with Gasteiger partial charge in [-0.05, 0) is 74.1 Å². The van der Waals surface area contributed by atoms with Gasteiger partial charge in [-0.15, -0.1) is 11.3 Å². The van der Waals surface area contributed by atoms with Gasteiger partial charge in [0, 0.05) is 41.9 Å². The van der Waals surface area contributed by atoms with Crippen LogP contribution >= 0.6 is 11.3 Å². The minimum Gasteiger partial charge on any atom is -0.497 e. The number of Topliss-reactive ketones (excluding diaryl/α,β-unsaturated/α-hetero) is 3. The summed E-state index contributed by atoms with van der Waals surface area (Å²) < 4.78 is 10.4. The van der Waals surface area contributed by atoms with Crippen LogP contribution in [0.15, 0.2) is 41.8 Å². The molecule has 6 nitrogen and oxygen atoms in total. The van der Waals surface area contributed by atoms with Crippen molar-refractivity contribution >= 4 is 34.7 Å². The highest BCUT2D eigenvalue weighted by Crippen LogP contribution is 2.36. The van der Waals surface area contributed by atoms with Gasteiger partial charge in [0.1, 0.15) is 23.1 Å². The summed E-state index contributed by atoms with van der Waals surface area (Å²) in [6.07, 6.45) is 4.77. The van der Waals surface area contributed by atoms with Gasteiger partial charge in [-0.3, -0.25) is 19.2 Å². The summed E-state index contributed by atoms with van der Waals surface area (Å²) in [5.74, 6) is -1.07. The fourth-order valence-corrected chi connectivity index (χ4v) is 6.41. The summed E-state index contributed by atoms with van der Waals surface area (Å²) in [7, 11) is 1.62. The molecule has 1 aromatic carbocycles. The summed E-state index contributed by atoms with van der Waals surface area (Å²) in [4.78, 5) is 54.1. The molecule has 3 rings (SSSR count). The molecule has 0 spiro atoms. The Hall–Kier alpha value is -2.80. The molecule has 1 fully saturated rings. The molecule has 0 N–H and O–H groups in total. The maximum Gasteiger partial charge on any atom is 0.306 e. The Morgan fingerprint density at radius 3 is 2.44 bits per heavy atom. The maximum absolute atomic E-state index is 13.8. The van der Waals surface area contributed by atoms with E-state index in [1.807, 2.05) is 42.6 Å². The van der Waals surface area contributed by atoms with Gasteiger partial charge in [0.2, 0.25) is 0 Å². The second-order valence-electron chi connectivity index (χ2n) is 10.6. The van der Waals surface area contributed by atoms with Crippen LogP contribution in [0.1, 0.15) is 75.7 Å². The number of thiophene rings is 1. The van der Waals surface area contributed by atoms with E-state index in [2.05, 4.69) is 6.07 Å². The molecule has 0 bridgehead atoms. The highest BCUT2D eigenvalue weighted by atomic mass is 32.1. The van der Waals surface area contributed by atoms with Crippen molar-refractivity contribution < 1.29 is 28.7 Å². The lowest BCUT2D eigenvalue weighted by atomic mass is 9.76. The van der Waals surface area contributed by atoms with Crippen molar-refractivity contribution in [2.75, 3.05) is 13.7 Å². The molecule has 4 atom stereocenters. The fourth-order valence-electron chi connectivity index (χ4n) is 5.69. The van der Waals surface area contributed by atoms with Gasteiger partial charge in [0.15, 0.2) is 0 Å². The number of methoxy groups -OCH3 is 1. The van der Waals surface area contributed by atoms with E-state index in [-0.39, 0.29) is 55.1 Å². The predicted octanol–water partition coefficient (Wildman–Crippen LogP) is 6.43. The lowest BCUT2D eigenvalue weighted by Gasteiger charge is -2.26. The lowest BCUT2D eigenvalue weighted by molar-refractivity contribution is -0.146. The molecule has 1 aliphatic carbocycles. The standard InChI is InChI=1S/C32H42O6S/c1-4-7-25-19-26(33)18-23(13-16-28-8-6-17-39-28)29(32(25)36)21-30(34)24(20-31(35)38-5-2)12-9-22-10-14-27(37-3)15-11-22/h6,8,10-11,14-15,17,23-25,29H,4-5,7,9,12-13,16,18-21H2,1-3H3. The van der Waals surface area contributed by atoms with Crippen molar-refractivity contribution in [3.63, 3.8) is 0 Å². The molecule has 1 heterocycles. The summed E-state index contributed by atoms with van der Waals surface area (Å²) in [6, 6.07) is 11.8. The first-order chi connectivity index (χ1) is 18.8. The quantitative estimate of drug-likeness (QED) is 0.186. The highest BCUT2D eigenvalue weighted by Gasteiger charge is 2.40. The molecule has 1 saturated carbocycles. The molecular weight excluding hydrogens is 512 g/mol. The Labute approximate surface area is 236 Å². The SMILES string of the molecule is CCCC1CC(=O)CC(CCc2cccs2)C(CC(=O)C(CCc2ccc(OC)cc2)CC(=O)OCC)C1=O. The third kappa shape index (κ3) is 9.41. The zero-order valence-electron chi connectivity index (χ0n) is 23.5. The number of ether oxygens (including phenoxy) is 2. The Bertz CT molecular complexity index is 1070. The van der Waals surface area contributed by atoms with Gasteiger partial charge in [-0.2, -0.15) is 0 Å². The minimum absolute atomic E-state index is 0.000912. The summed E-state index contributed by atoms with van der Waals surface area (Å²) >= 11 is 1.67. The van der Waals surface area contributed by atoms with E-state index in [0.29, 0.717) is 32.1 Å². The van der Waals surface area contributed by atoms with E-state index in [0.717, 1.165) is 24.2 Å². The molecule has 212 valence electrons. The van der Waals surface area contributed by atoms with Gasteiger partial charge in [-0.25, -0.2) is 0 Å². The van der Waals surface area contributed by atoms with Gasteiger partial charge >= 0.3 is 5.97 Å². The number of aryl methyl sites for hydroxylation is 2. The van der Waals surface area contributed by atoms with Gasteiger partial charge in [0.05, 0.1) is 20.1 Å². The van der Waals surface area contributed by atoms with E-state index in [1.165, 1.54) is 4.88 Å². The Morgan fingerprint density at radius 2 is 1.79 bits per heavy atom. The molecular formula is C32H42O6S. The Kier molecular flexibility index (Phi) is 12.4. The molecule has 0 radical (unpaired) electrons. The molecule has 0 saturated heterocycles. The number of carbonyl (C=O) groups is 4. The van der Waals surface area contributed by atoms with Crippen LogP contribution < -0.4 is 4.74 Å². The van der Waals surface area contributed by atoms with Crippen LogP contribution in [0.5, 0.6) is 5.75 Å². The predicted molar refractivity (Wildman–Crippen MR) is 153 cm³/mol. The summed E-state index contributed by atoms with van der Waals surface area (Å²) in [6.45, 7) is 4.02. The molecule has 0 aliphatic heterocycles. The molecule has 1 aliphatic rings. The monoisotopic (exact) mass is 554 g/mol. The average molecular weight is 555 g/mol. The zero-order chi connectivity index (χ0) is 28.2.